The molecule has 39 heavy (non-hydrogen) atoms. The number of hydrogen-bond donors (Lipinski definition) is 3. The number of carbonyl (C=O) groups is 2. The third kappa shape index (κ3) is 9.82. The van der Waals surface area contributed by atoms with Crippen LogP contribution in [0.4, 0.5) is 5.82 Å². The van der Waals surface area contributed by atoms with E-state index in [4.69, 9.17) is 19.9 Å². The predicted octanol–water partition coefficient (Wildman–Crippen LogP) is 3.24. The second-order valence-electron chi connectivity index (χ2n) is 11.1. The predicted molar refractivity (Wildman–Crippen MR) is 149 cm³/mol. The molecule has 0 aliphatic rings. The number of nitrogen functional groups attached to an aromatic ring is 1. The zero-order chi connectivity index (χ0) is 29.5. The van der Waals surface area contributed by atoms with Crippen molar-refractivity contribution < 1.29 is 28.4 Å². The SMILES string of the molecule is CC(C)OC(=O)C[C@H](N[P@@](=O)(CO[C@H](C)Cn1cnc2c(N)ncnc21)NC(C)(C)C(=O)OC(C)C)C(C)C. The molecule has 0 saturated heterocycles. The van der Waals surface area contributed by atoms with E-state index in [1.54, 1.807) is 52.4 Å². The van der Waals surface area contributed by atoms with Gasteiger partial charge in [-0.05, 0) is 54.4 Å². The lowest BCUT2D eigenvalue weighted by Crippen LogP contribution is -2.51. The monoisotopic (exact) mass is 569 g/mol. The average Bonchev–Trinajstić information content (AvgIpc) is 3.20. The summed E-state index contributed by atoms with van der Waals surface area (Å²) in [6.45, 7) is 16.2. The van der Waals surface area contributed by atoms with Crippen LogP contribution in [0.3, 0.4) is 0 Å². The van der Waals surface area contributed by atoms with Gasteiger partial charge in [0, 0.05) is 6.04 Å². The van der Waals surface area contributed by atoms with Crippen molar-refractivity contribution >= 4 is 36.4 Å². The molecule has 0 aliphatic heterocycles. The normalized spacial score (nSPS) is 15.5. The minimum atomic E-state index is -3.64. The first-order chi connectivity index (χ1) is 18.0. The first kappa shape index (κ1) is 32.6. The van der Waals surface area contributed by atoms with Gasteiger partial charge in [-0.2, -0.15) is 0 Å². The number of anilines is 1. The quantitative estimate of drug-likeness (QED) is 0.211. The van der Waals surface area contributed by atoms with Gasteiger partial charge >= 0.3 is 11.9 Å². The Morgan fingerprint density at radius 3 is 2.28 bits per heavy atom. The molecule has 0 unspecified atom stereocenters. The number of carbonyl (C=O) groups excluding carboxylic acids is 2. The van der Waals surface area contributed by atoms with Crippen LogP contribution >= 0.6 is 7.44 Å². The average molecular weight is 570 g/mol. The van der Waals surface area contributed by atoms with Crippen LogP contribution in [0, 0.1) is 5.92 Å². The third-order valence-corrected chi connectivity index (χ3v) is 7.85. The van der Waals surface area contributed by atoms with Crippen LogP contribution in [0.2, 0.25) is 0 Å². The summed E-state index contributed by atoms with van der Waals surface area (Å²) in [4.78, 5) is 37.7. The van der Waals surface area contributed by atoms with Gasteiger partial charge in [0.25, 0.3) is 0 Å². The second kappa shape index (κ2) is 13.6. The summed E-state index contributed by atoms with van der Waals surface area (Å²) in [7, 11) is -3.64. The molecule has 13 nitrogen and oxygen atoms in total. The van der Waals surface area contributed by atoms with Crippen LogP contribution in [0.1, 0.15) is 68.7 Å². The molecule has 0 radical (unpaired) electrons. The van der Waals surface area contributed by atoms with Gasteiger partial charge in [0.05, 0.1) is 37.6 Å². The molecule has 2 heterocycles. The Hall–Kier alpha value is -2.60. The minimum Gasteiger partial charge on any atom is -0.463 e. The molecular formula is C25H44N7O6P. The van der Waals surface area contributed by atoms with Gasteiger partial charge in [-0.3, -0.25) is 14.2 Å². The summed E-state index contributed by atoms with van der Waals surface area (Å²) < 4.78 is 32.8. The molecule has 0 aromatic carbocycles. The van der Waals surface area contributed by atoms with E-state index in [2.05, 4.69) is 25.1 Å². The summed E-state index contributed by atoms with van der Waals surface area (Å²) in [5, 5.41) is 6.07. The van der Waals surface area contributed by atoms with E-state index in [1.807, 2.05) is 20.8 Å². The number of nitrogens with two attached hydrogens (primary N) is 1. The summed E-state index contributed by atoms with van der Waals surface area (Å²) >= 11 is 0. The van der Waals surface area contributed by atoms with E-state index in [9.17, 15) is 14.2 Å². The summed E-state index contributed by atoms with van der Waals surface area (Å²) in [5.41, 5.74) is 5.61. The van der Waals surface area contributed by atoms with Crippen molar-refractivity contribution in [2.75, 3.05) is 12.1 Å². The number of nitrogens with one attached hydrogen (secondary N) is 2. The van der Waals surface area contributed by atoms with Crippen molar-refractivity contribution in [1.29, 1.82) is 0 Å². The molecule has 14 heteroatoms. The van der Waals surface area contributed by atoms with E-state index in [-0.39, 0.29) is 36.7 Å². The Bertz CT molecular complexity index is 1170. The Balaban J connectivity index is 2.24. The maximum Gasteiger partial charge on any atom is 0.326 e. The standard InChI is InChI=1S/C25H44N7O6P/c1-15(2)19(10-20(33)37-16(3)4)30-39(35,31-25(8,9)24(34)38-17(5)6)14-36-18(7)11-32-13-29-21-22(26)27-12-28-23(21)32/h12-13,15-19H,10-11,14H2,1-9H3,(H2,26,27,28)(H2,30,31,35)/t18-,19+,39+/m1/s1. The molecule has 0 fully saturated rings. The van der Waals surface area contributed by atoms with Gasteiger partial charge in [-0.1, -0.05) is 13.8 Å². The van der Waals surface area contributed by atoms with Gasteiger partial charge in [0.15, 0.2) is 11.5 Å². The lowest BCUT2D eigenvalue weighted by molar-refractivity contribution is -0.153. The van der Waals surface area contributed by atoms with Gasteiger partial charge in [-0.15, -0.1) is 0 Å². The number of imidazole rings is 1. The van der Waals surface area contributed by atoms with Crippen molar-refractivity contribution in [2.24, 2.45) is 5.92 Å². The summed E-state index contributed by atoms with van der Waals surface area (Å²) in [6, 6.07) is -0.511. The topological polar surface area (TPSA) is 173 Å². The van der Waals surface area contributed by atoms with Gasteiger partial charge < -0.3 is 24.5 Å². The first-order valence-corrected chi connectivity index (χ1v) is 15.0. The smallest absolute Gasteiger partial charge is 0.326 e. The fourth-order valence-corrected chi connectivity index (χ4v) is 6.33. The molecule has 2 aromatic rings. The van der Waals surface area contributed by atoms with Crippen LogP contribution in [0.15, 0.2) is 12.7 Å². The molecule has 2 rings (SSSR count). The summed E-state index contributed by atoms with van der Waals surface area (Å²) in [5.74, 6) is -0.777. The molecule has 0 spiro atoms. The highest BCUT2D eigenvalue weighted by Crippen LogP contribution is 2.41. The first-order valence-electron chi connectivity index (χ1n) is 13.1. The summed E-state index contributed by atoms with van der Waals surface area (Å²) in [6.07, 6.45) is 1.63. The zero-order valence-electron chi connectivity index (χ0n) is 24.4. The molecule has 220 valence electrons. The van der Waals surface area contributed by atoms with Crippen molar-refractivity contribution in [1.82, 2.24) is 29.7 Å². The van der Waals surface area contributed by atoms with Crippen molar-refractivity contribution in [2.45, 2.75) is 105 Å². The van der Waals surface area contributed by atoms with E-state index >= 15 is 0 Å². The number of fused-ring (bicyclic) bond motifs is 1. The van der Waals surface area contributed by atoms with Gasteiger partial charge in [0.2, 0.25) is 7.44 Å². The fourth-order valence-electron chi connectivity index (χ4n) is 3.74. The Morgan fingerprint density at radius 2 is 1.69 bits per heavy atom. The molecule has 4 N–H and O–H groups in total. The number of aromatic nitrogens is 4. The van der Waals surface area contributed by atoms with Crippen LogP contribution in [-0.4, -0.2) is 67.7 Å². The highest BCUT2D eigenvalue weighted by atomic mass is 31.2. The highest BCUT2D eigenvalue weighted by molar-refractivity contribution is 7.59. The number of nitrogens with zero attached hydrogens (tertiary/aromatic N) is 4. The van der Waals surface area contributed by atoms with E-state index in [0.717, 1.165) is 0 Å². The largest absolute Gasteiger partial charge is 0.463 e. The third-order valence-electron chi connectivity index (χ3n) is 5.67. The van der Waals surface area contributed by atoms with Crippen molar-refractivity contribution in [3.63, 3.8) is 0 Å². The van der Waals surface area contributed by atoms with E-state index in [1.165, 1.54) is 6.33 Å². The van der Waals surface area contributed by atoms with Crippen LogP contribution < -0.4 is 15.9 Å². The molecule has 0 aliphatic carbocycles. The fraction of sp³-hybridized carbons (Fsp3) is 0.720. The number of ether oxygens (including phenoxy) is 3. The number of esters is 2. The molecule has 0 saturated carbocycles. The maximum absolute atomic E-state index is 14.3. The number of hydrogen-bond acceptors (Lipinski definition) is 10. The highest BCUT2D eigenvalue weighted by Gasteiger charge is 2.40. The lowest BCUT2D eigenvalue weighted by atomic mass is 10.0. The van der Waals surface area contributed by atoms with Crippen LogP contribution in [0.5, 0.6) is 0 Å². The van der Waals surface area contributed by atoms with E-state index < -0.39 is 37.1 Å². The second-order valence-corrected chi connectivity index (χ2v) is 13.3. The molecule has 3 atom stereocenters. The Kier molecular flexibility index (Phi) is 11.4. The zero-order valence-corrected chi connectivity index (χ0v) is 25.3. The van der Waals surface area contributed by atoms with E-state index in [0.29, 0.717) is 17.7 Å². The van der Waals surface area contributed by atoms with Crippen molar-refractivity contribution in [3.8, 4) is 0 Å². The molecular weight excluding hydrogens is 525 g/mol. The number of rotatable bonds is 15. The van der Waals surface area contributed by atoms with Gasteiger partial charge in [-0.25, -0.2) is 25.1 Å². The Morgan fingerprint density at radius 1 is 1.05 bits per heavy atom. The van der Waals surface area contributed by atoms with Crippen LogP contribution in [0.25, 0.3) is 11.2 Å². The Labute approximate surface area is 230 Å². The maximum atomic E-state index is 14.3. The lowest BCUT2D eigenvalue weighted by Gasteiger charge is -2.34. The molecule has 0 amide bonds. The van der Waals surface area contributed by atoms with Gasteiger partial charge in [0.1, 0.15) is 23.7 Å². The molecule has 2 aromatic heterocycles. The van der Waals surface area contributed by atoms with Crippen LogP contribution in [-0.2, 0) is 34.9 Å². The minimum absolute atomic E-state index is 0.00388. The molecule has 0 bridgehead atoms. The van der Waals surface area contributed by atoms with Crippen molar-refractivity contribution in [3.05, 3.63) is 12.7 Å².